The molecule has 0 aliphatic carbocycles. The van der Waals surface area contributed by atoms with E-state index < -0.39 is 12.0 Å². The first kappa shape index (κ1) is 28.2. The third-order valence-corrected chi connectivity index (χ3v) is 8.20. The van der Waals surface area contributed by atoms with Crippen molar-refractivity contribution in [1.82, 2.24) is 4.57 Å². The number of benzene rings is 3. The zero-order valence-corrected chi connectivity index (χ0v) is 24.6. The third kappa shape index (κ3) is 5.74. The van der Waals surface area contributed by atoms with E-state index in [1.807, 2.05) is 36.4 Å². The maximum atomic E-state index is 13.8. The number of carbonyl (C=O) groups is 1. The number of hydrogen-bond donors (Lipinski definition) is 0. The monoisotopic (exact) mass is 612 g/mol. The van der Waals surface area contributed by atoms with Gasteiger partial charge in [0.25, 0.3) is 5.56 Å². The van der Waals surface area contributed by atoms with Gasteiger partial charge in [-0.05, 0) is 61.4 Å². The molecule has 1 aliphatic heterocycles. The molecule has 1 aromatic heterocycles. The minimum atomic E-state index is -0.773. The Morgan fingerprint density at radius 3 is 2.60 bits per heavy atom. The Hall–Kier alpha value is -3.36. The molecule has 10 heteroatoms. The molecule has 0 N–H and O–H groups in total. The molecule has 3 aromatic carbocycles. The van der Waals surface area contributed by atoms with Gasteiger partial charge in [-0.2, -0.15) is 0 Å². The van der Waals surface area contributed by atoms with Crippen molar-refractivity contribution >= 4 is 58.2 Å². The van der Waals surface area contributed by atoms with Crippen molar-refractivity contribution in [2.45, 2.75) is 26.5 Å². The van der Waals surface area contributed by atoms with Gasteiger partial charge in [0, 0.05) is 20.6 Å². The van der Waals surface area contributed by atoms with Crippen molar-refractivity contribution in [2.24, 2.45) is 4.99 Å². The summed E-state index contributed by atoms with van der Waals surface area (Å²) >= 11 is 20.1. The Morgan fingerprint density at radius 1 is 1.05 bits per heavy atom. The summed E-state index contributed by atoms with van der Waals surface area (Å²) in [5.74, 6) is 0.0792. The highest BCUT2D eigenvalue weighted by atomic mass is 35.5. The Kier molecular flexibility index (Phi) is 8.47. The molecule has 40 heavy (non-hydrogen) atoms. The number of halogens is 3. The zero-order valence-electron chi connectivity index (χ0n) is 21.5. The molecule has 0 radical (unpaired) electrons. The Labute approximate surface area is 249 Å². The minimum absolute atomic E-state index is 0.192. The highest BCUT2D eigenvalue weighted by Crippen LogP contribution is 2.34. The lowest BCUT2D eigenvalue weighted by atomic mass is 9.96. The summed E-state index contributed by atoms with van der Waals surface area (Å²) < 4.78 is 13.2. The van der Waals surface area contributed by atoms with Crippen LogP contribution in [0.1, 0.15) is 36.6 Å². The fourth-order valence-corrected chi connectivity index (χ4v) is 6.18. The molecule has 0 unspecified atom stereocenters. The van der Waals surface area contributed by atoms with E-state index in [9.17, 15) is 9.59 Å². The summed E-state index contributed by atoms with van der Waals surface area (Å²) in [6.07, 6.45) is 1.78. The predicted octanol–water partition coefficient (Wildman–Crippen LogP) is 6.34. The molecule has 0 bridgehead atoms. The van der Waals surface area contributed by atoms with E-state index in [1.165, 1.54) is 15.9 Å². The Balaban J connectivity index is 1.54. The fourth-order valence-electron chi connectivity index (χ4n) is 4.43. The summed E-state index contributed by atoms with van der Waals surface area (Å²) in [6.45, 7) is 3.92. The van der Waals surface area contributed by atoms with Crippen molar-refractivity contribution in [3.05, 3.63) is 129 Å². The van der Waals surface area contributed by atoms with Crippen LogP contribution >= 0.6 is 46.1 Å². The quantitative estimate of drug-likeness (QED) is 0.228. The van der Waals surface area contributed by atoms with Gasteiger partial charge in [0.15, 0.2) is 4.80 Å². The Morgan fingerprint density at radius 2 is 1.85 bits per heavy atom. The molecule has 0 amide bonds. The highest BCUT2D eigenvalue weighted by molar-refractivity contribution is 7.07. The van der Waals surface area contributed by atoms with Crippen molar-refractivity contribution in [3.8, 4) is 5.75 Å². The zero-order chi connectivity index (χ0) is 28.4. The van der Waals surface area contributed by atoms with Gasteiger partial charge in [0.2, 0.25) is 0 Å². The highest BCUT2D eigenvalue weighted by Gasteiger charge is 2.34. The van der Waals surface area contributed by atoms with Gasteiger partial charge in [0.05, 0.1) is 22.4 Å². The topological polar surface area (TPSA) is 69.9 Å². The van der Waals surface area contributed by atoms with E-state index >= 15 is 0 Å². The summed E-state index contributed by atoms with van der Waals surface area (Å²) in [5.41, 5.74) is 2.66. The number of ether oxygens (including phenoxy) is 2. The van der Waals surface area contributed by atoms with Crippen LogP contribution in [0, 0.1) is 0 Å². The number of thiazole rings is 1. The molecule has 0 fully saturated rings. The lowest BCUT2D eigenvalue weighted by Crippen LogP contribution is -2.40. The van der Waals surface area contributed by atoms with Gasteiger partial charge < -0.3 is 9.47 Å². The van der Waals surface area contributed by atoms with Crippen molar-refractivity contribution in [2.75, 3.05) is 6.61 Å². The molecule has 204 valence electrons. The summed E-state index contributed by atoms with van der Waals surface area (Å²) in [7, 11) is 0. The predicted molar refractivity (Wildman–Crippen MR) is 159 cm³/mol. The Bertz CT molecular complexity index is 1830. The molecule has 0 spiro atoms. The van der Waals surface area contributed by atoms with Crippen LogP contribution in [-0.2, 0) is 16.1 Å². The summed E-state index contributed by atoms with van der Waals surface area (Å²) in [5, 5.41) is 1.51. The second kappa shape index (κ2) is 12.0. The van der Waals surface area contributed by atoms with Crippen LogP contribution in [0.2, 0.25) is 15.1 Å². The van der Waals surface area contributed by atoms with Gasteiger partial charge in [-0.1, -0.05) is 82.5 Å². The number of nitrogens with zero attached hydrogens (tertiary/aromatic N) is 2. The molecule has 5 rings (SSSR count). The normalized spacial score (nSPS) is 15.0. The molecule has 1 atom stereocenters. The molecule has 4 aromatic rings. The van der Waals surface area contributed by atoms with E-state index in [0.29, 0.717) is 41.4 Å². The van der Waals surface area contributed by atoms with Crippen LogP contribution in [0.4, 0.5) is 0 Å². The van der Waals surface area contributed by atoms with Crippen LogP contribution in [0.3, 0.4) is 0 Å². The molecule has 2 heterocycles. The first-order valence-electron chi connectivity index (χ1n) is 12.4. The second-order valence-electron chi connectivity index (χ2n) is 8.92. The van der Waals surface area contributed by atoms with E-state index in [2.05, 4.69) is 4.99 Å². The maximum absolute atomic E-state index is 13.8. The number of aromatic nitrogens is 1. The van der Waals surface area contributed by atoms with Gasteiger partial charge in [-0.25, -0.2) is 9.79 Å². The lowest BCUT2D eigenvalue weighted by molar-refractivity contribution is -0.139. The van der Waals surface area contributed by atoms with Crippen LogP contribution in [-0.4, -0.2) is 17.1 Å². The molecular weight excluding hydrogens is 591 g/mol. The van der Waals surface area contributed by atoms with Crippen molar-refractivity contribution in [1.29, 1.82) is 0 Å². The number of carbonyl (C=O) groups excluding carboxylic acids is 1. The first-order valence-corrected chi connectivity index (χ1v) is 14.3. The first-order chi connectivity index (χ1) is 19.3. The van der Waals surface area contributed by atoms with Crippen molar-refractivity contribution in [3.63, 3.8) is 0 Å². The largest absolute Gasteiger partial charge is 0.489 e. The SMILES string of the molecule is CCOC(=O)C1=C(C)N=c2s/c(=C\c3cccc(OCc4ccc(Cl)cc4Cl)c3)c(=O)n2[C@H]1c1ccccc1Cl. The smallest absolute Gasteiger partial charge is 0.338 e. The fraction of sp³-hybridized carbons (Fsp3) is 0.167. The number of hydrogen-bond acceptors (Lipinski definition) is 6. The van der Waals surface area contributed by atoms with Crippen LogP contribution in [0.15, 0.2) is 87.8 Å². The van der Waals surface area contributed by atoms with Gasteiger partial charge in [0.1, 0.15) is 18.4 Å². The number of allylic oxidation sites excluding steroid dienone is 1. The third-order valence-electron chi connectivity index (χ3n) is 6.28. The molecular formula is C30H23Cl3N2O4S. The number of esters is 1. The maximum Gasteiger partial charge on any atom is 0.338 e. The number of rotatable bonds is 7. The van der Waals surface area contributed by atoms with E-state index in [1.54, 1.807) is 50.3 Å². The van der Waals surface area contributed by atoms with Crippen molar-refractivity contribution < 1.29 is 14.3 Å². The molecule has 1 aliphatic rings. The van der Waals surface area contributed by atoms with E-state index in [0.717, 1.165) is 11.1 Å². The average Bonchev–Trinajstić information content (AvgIpc) is 3.22. The van der Waals surface area contributed by atoms with Crippen LogP contribution < -0.4 is 19.6 Å². The van der Waals surface area contributed by atoms with E-state index in [4.69, 9.17) is 44.3 Å². The number of fused-ring (bicyclic) bond motifs is 1. The van der Waals surface area contributed by atoms with Crippen LogP contribution in [0.5, 0.6) is 5.75 Å². The summed E-state index contributed by atoms with van der Waals surface area (Å²) in [6, 6.07) is 19.0. The van der Waals surface area contributed by atoms with Gasteiger partial charge >= 0.3 is 5.97 Å². The molecule has 0 saturated heterocycles. The molecule has 6 nitrogen and oxygen atoms in total. The summed E-state index contributed by atoms with van der Waals surface area (Å²) in [4.78, 5) is 31.9. The minimum Gasteiger partial charge on any atom is -0.489 e. The van der Waals surface area contributed by atoms with Crippen LogP contribution in [0.25, 0.3) is 6.08 Å². The second-order valence-corrected chi connectivity index (χ2v) is 11.2. The van der Waals surface area contributed by atoms with Gasteiger partial charge in [-0.3, -0.25) is 9.36 Å². The average molecular weight is 614 g/mol. The standard InChI is InChI=1S/C30H23Cl3N2O4S/c1-3-38-29(37)26-17(2)34-30-35(27(26)22-9-4-5-10-23(22)32)28(36)25(40-30)14-18-7-6-8-21(13-18)39-16-19-11-12-20(31)15-24(19)33/h4-15,27H,3,16H2,1-2H3/b25-14-/t27-/m0/s1. The van der Waals surface area contributed by atoms with Gasteiger partial charge in [-0.15, -0.1) is 0 Å². The molecule has 0 saturated carbocycles. The van der Waals surface area contributed by atoms with E-state index in [-0.39, 0.29) is 24.3 Å². The lowest BCUT2D eigenvalue weighted by Gasteiger charge is -2.25.